The van der Waals surface area contributed by atoms with E-state index in [9.17, 15) is 9.18 Å². The van der Waals surface area contributed by atoms with Crippen LogP contribution in [-0.4, -0.2) is 22.6 Å². The summed E-state index contributed by atoms with van der Waals surface area (Å²) in [6.45, 7) is 2.28. The maximum Gasteiger partial charge on any atom is 0.257 e. The Balaban J connectivity index is 1.58. The van der Waals surface area contributed by atoms with Crippen LogP contribution in [0, 0.1) is 12.7 Å². The second-order valence-corrected chi connectivity index (χ2v) is 6.76. The van der Waals surface area contributed by atoms with E-state index in [1.807, 2.05) is 31.2 Å². The molecular formula is C19H15ClFN3O2. The molecule has 1 fully saturated rings. The van der Waals surface area contributed by atoms with Crippen LogP contribution in [0.4, 0.5) is 10.1 Å². The fourth-order valence-corrected chi connectivity index (χ4v) is 3.19. The molecule has 1 atom stereocenters. The van der Waals surface area contributed by atoms with Crippen LogP contribution in [0.25, 0.3) is 11.5 Å². The minimum absolute atomic E-state index is 0.173. The van der Waals surface area contributed by atoms with Crippen LogP contribution in [-0.2, 0) is 4.79 Å². The highest BCUT2D eigenvalue weighted by atomic mass is 35.5. The van der Waals surface area contributed by atoms with Gasteiger partial charge in [0.1, 0.15) is 5.82 Å². The molecule has 1 unspecified atom stereocenters. The summed E-state index contributed by atoms with van der Waals surface area (Å²) in [5.41, 5.74) is 2.12. The molecule has 1 amide bonds. The van der Waals surface area contributed by atoms with E-state index in [0.29, 0.717) is 16.7 Å². The van der Waals surface area contributed by atoms with Gasteiger partial charge in [-0.25, -0.2) is 4.39 Å². The van der Waals surface area contributed by atoms with Crippen molar-refractivity contribution in [2.45, 2.75) is 19.3 Å². The number of aromatic nitrogens is 2. The van der Waals surface area contributed by atoms with Gasteiger partial charge in [-0.1, -0.05) is 34.5 Å². The number of carbonyl (C=O) groups is 1. The molecule has 5 nitrogen and oxygen atoms in total. The second-order valence-electron chi connectivity index (χ2n) is 6.32. The zero-order valence-electron chi connectivity index (χ0n) is 13.9. The molecule has 3 aromatic rings. The van der Waals surface area contributed by atoms with Crippen LogP contribution >= 0.6 is 11.6 Å². The van der Waals surface area contributed by atoms with Crippen LogP contribution in [0.15, 0.2) is 47.0 Å². The van der Waals surface area contributed by atoms with E-state index in [0.717, 1.165) is 11.1 Å². The molecule has 1 aliphatic heterocycles. The summed E-state index contributed by atoms with van der Waals surface area (Å²) in [7, 11) is 0. The van der Waals surface area contributed by atoms with Crippen LogP contribution in [0.5, 0.6) is 0 Å². The Morgan fingerprint density at radius 2 is 2.00 bits per heavy atom. The van der Waals surface area contributed by atoms with Crippen molar-refractivity contribution in [3.8, 4) is 11.5 Å². The number of halogens is 2. The van der Waals surface area contributed by atoms with Gasteiger partial charge in [0.25, 0.3) is 5.89 Å². The maximum atomic E-state index is 14.1. The van der Waals surface area contributed by atoms with Crippen molar-refractivity contribution in [2.75, 3.05) is 11.4 Å². The Bertz CT molecular complexity index is 971. The van der Waals surface area contributed by atoms with E-state index in [-0.39, 0.29) is 30.5 Å². The predicted octanol–water partition coefficient (Wildman–Crippen LogP) is 4.36. The Morgan fingerprint density at radius 3 is 2.77 bits per heavy atom. The molecule has 0 aliphatic carbocycles. The smallest absolute Gasteiger partial charge is 0.257 e. The van der Waals surface area contributed by atoms with Crippen molar-refractivity contribution in [1.29, 1.82) is 0 Å². The fraction of sp³-hybridized carbons (Fsp3) is 0.211. The molecule has 1 aliphatic rings. The lowest BCUT2D eigenvalue weighted by Crippen LogP contribution is -2.25. The zero-order valence-corrected chi connectivity index (χ0v) is 14.7. The molecule has 132 valence electrons. The lowest BCUT2D eigenvalue weighted by Gasteiger charge is -2.17. The van der Waals surface area contributed by atoms with Crippen molar-refractivity contribution < 1.29 is 13.7 Å². The number of nitrogens with zero attached hydrogens (tertiary/aromatic N) is 3. The van der Waals surface area contributed by atoms with Gasteiger partial charge < -0.3 is 9.42 Å². The second kappa shape index (κ2) is 6.53. The number of benzene rings is 2. The zero-order chi connectivity index (χ0) is 18.3. The first-order valence-corrected chi connectivity index (χ1v) is 8.55. The average Bonchev–Trinajstić information content (AvgIpc) is 3.25. The van der Waals surface area contributed by atoms with Gasteiger partial charge in [0.2, 0.25) is 5.91 Å². The van der Waals surface area contributed by atoms with E-state index in [1.165, 1.54) is 23.1 Å². The average molecular weight is 372 g/mol. The highest BCUT2D eigenvalue weighted by Crippen LogP contribution is 2.34. The standard InChI is InChI=1S/C19H15ClFN3O2/c1-11-2-4-12(5-3-11)19-22-18(23-26-19)13-8-17(25)24(10-13)16-9-14(20)6-7-15(16)21/h2-7,9,13H,8,10H2,1H3. The van der Waals surface area contributed by atoms with Gasteiger partial charge in [0.05, 0.1) is 5.69 Å². The summed E-state index contributed by atoms with van der Waals surface area (Å²) in [6, 6.07) is 11.9. The summed E-state index contributed by atoms with van der Waals surface area (Å²) in [5.74, 6) is -0.0998. The van der Waals surface area contributed by atoms with Crippen molar-refractivity contribution in [2.24, 2.45) is 0 Å². The summed E-state index contributed by atoms with van der Waals surface area (Å²) in [4.78, 5) is 18.2. The first kappa shape index (κ1) is 16.7. The number of carbonyl (C=O) groups excluding carboxylic acids is 1. The minimum atomic E-state index is -0.489. The van der Waals surface area contributed by atoms with Crippen molar-refractivity contribution in [3.05, 3.63) is 64.7 Å². The third-order valence-corrected chi connectivity index (χ3v) is 4.66. The molecule has 1 saturated heterocycles. The monoisotopic (exact) mass is 371 g/mol. The maximum absolute atomic E-state index is 14.1. The highest BCUT2D eigenvalue weighted by Gasteiger charge is 2.35. The summed E-state index contributed by atoms with van der Waals surface area (Å²) in [6.07, 6.45) is 0.193. The fourth-order valence-electron chi connectivity index (χ4n) is 3.02. The van der Waals surface area contributed by atoms with Gasteiger partial charge in [-0.3, -0.25) is 4.79 Å². The molecule has 0 radical (unpaired) electrons. The Morgan fingerprint density at radius 1 is 1.23 bits per heavy atom. The normalized spacial score (nSPS) is 17.1. The molecule has 2 aromatic carbocycles. The first-order chi connectivity index (χ1) is 12.5. The van der Waals surface area contributed by atoms with Crippen molar-refractivity contribution >= 4 is 23.2 Å². The van der Waals surface area contributed by atoms with Gasteiger partial charge in [0.15, 0.2) is 5.82 Å². The lowest BCUT2D eigenvalue weighted by atomic mass is 10.1. The summed E-state index contributed by atoms with van der Waals surface area (Å²) >= 11 is 5.93. The minimum Gasteiger partial charge on any atom is -0.334 e. The van der Waals surface area contributed by atoms with Crippen LogP contribution < -0.4 is 4.90 Å². The number of aryl methyl sites for hydroxylation is 1. The number of rotatable bonds is 3. The summed E-state index contributed by atoms with van der Waals surface area (Å²) < 4.78 is 19.4. The molecule has 4 rings (SSSR count). The third-order valence-electron chi connectivity index (χ3n) is 4.43. The largest absolute Gasteiger partial charge is 0.334 e. The Labute approximate surface area is 154 Å². The van der Waals surface area contributed by atoms with E-state index >= 15 is 0 Å². The number of hydrogen-bond donors (Lipinski definition) is 0. The van der Waals surface area contributed by atoms with Gasteiger partial charge in [-0.15, -0.1) is 0 Å². The van der Waals surface area contributed by atoms with E-state index in [2.05, 4.69) is 10.1 Å². The van der Waals surface area contributed by atoms with E-state index in [1.54, 1.807) is 0 Å². The molecule has 1 aromatic heterocycles. The Kier molecular flexibility index (Phi) is 4.20. The third kappa shape index (κ3) is 3.08. The van der Waals surface area contributed by atoms with Crippen molar-refractivity contribution in [1.82, 2.24) is 10.1 Å². The molecule has 0 spiro atoms. The lowest BCUT2D eigenvalue weighted by molar-refractivity contribution is -0.117. The highest BCUT2D eigenvalue weighted by molar-refractivity contribution is 6.31. The molecule has 0 saturated carbocycles. The quantitative estimate of drug-likeness (QED) is 0.686. The van der Waals surface area contributed by atoms with Gasteiger partial charge in [0, 0.05) is 29.5 Å². The number of amides is 1. The van der Waals surface area contributed by atoms with Gasteiger partial charge in [-0.05, 0) is 37.3 Å². The number of anilines is 1. The Hall–Kier alpha value is -2.73. The molecular weight excluding hydrogens is 357 g/mol. The van der Waals surface area contributed by atoms with E-state index < -0.39 is 5.82 Å². The molecule has 26 heavy (non-hydrogen) atoms. The topological polar surface area (TPSA) is 59.2 Å². The number of hydrogen-bond acceptors (Lipinski definition) is 4. The van der Waals surface area contributed by atoms with E-state index in [4.69, 9.17) is 16.1 Å². The molecule has 0 bridgehead atoms. The molecule has 7 heteroatoms. The summed E-state index contributed by atoms with van der Waals surface area (Å²) in [5, 5.41) is 4.39. The van der Waals surface area contributed by atoms with Crippen LogP contribution in [0.3, 0.4) is 0 Å². The first-order valence-electron chi connectivity index (χ1n) is 8.17. The van der Waals surface area contributed by atoms with Gasteiger partial charge >= 0.3 is 0 Å². The van der Waals surface area contributed by atoms with Crippen molar-refractivity contribution in [3.63, 3.8) is 0 Å². The SMILES string of the molecule is Cc1ccc(-c2nc(C3CC(=O)N(c4cc(Cl)ccc4F)C3)no2)cc1. The van der Waals surface area contributed by atoms with Crippen LogP contribution in [0.2, 0.25) is 5.02 Å². The predicted molar refractivity (Wildman–Crippen MR) is 95.6 cm³/mol. The molecule has 0 N–H and O–H groups in total. The molecule has 2 heterocycles. The van der Waals surface area contributed by atoms with Gasteiger partial charge in [-0.2, -0.15) is 4.98 Å². The van der Waals surface area contributed by atoms with Crippen LogP contribution in [0.1, 0.15) is 23.7 Å².